The van der Waals surface area contributed by atoms with Crippen LogP contribution in [0.25, 0.3) is 0 Å². The minimum absolute atomic E-state index is 0.000130. The van der Waals surface area contributed by atoms with Gasteiger partial charge in [0.2, 0.25) is 0 Å². The third kappa shape index (κ3) is 2.85. The number of anilines is 1. The molecular weight excluding hydrogens is 264 g/mol. The molecular formula is C12H16N4O4. The molecule has 1 aromatic rings. The molecule has 1 unspecified atom stereocenters. The smallest absolute Gasteiger partial charge is 0.288 e. The molecule has 0 bridgehead atoms. The lowest BCUT2D eigenvalue weighted by Gasteiger charge is -2.32. The molecule has 2 N–H and O–H groups in total. The Bertz CT molecular complexity index is 534. The first-order valence-electron chi connectivity index (χ1n) is 6.33. The number of carbonyl (C=O) groups excluding carboxylic acids is 1. The van der Waals surface area contributed by atoms with Gasteiger partial charge in [-0.25, -0.2) is 4.98 Å². The van der Waals surface area contributed by atoms with E-state index in [0.29, 0.717) is 19.7 Å². The van der Waals surface area contributed by atoms with E-state index in [4.69, 9.17) is 10.5 Å². The van der Waals surface area contributed by atoms with E-state index in [-0.39, 0.29) is 29.1 Å². The number of carbonyl (C=O) groups is 1. The number of nitrogens with two attached hydrogens (primary N) is 1. The average Bonchev–Trinajstić information content (AvgIpc) is 2.46. The van der Waals surface area contributed by atoms with Crippen molar-refractivity contribution in [1.29, 1.82) is 0 Å². The van der Waals surface area contributed by atoms with Crippen LogP contribution >= 0.6 is 0 Å². The van der Waals surface area contributed by atoms with Gasteiger partial charge in [0.1, 0.15) is 12.0 Å². The van der Waals surface area contributed by atoms with E-state index in [1.165, 1.54) is 6.07 Å². The molecule has 8 heteroatoms. The first-order chi connectivity index (χ1) is 9.52. The number of nitrogen functional groups attached to an aromatic ring is 1. The van der Waals surface area contributed by atoms with Crippen molar-refractivity contribution >= 4 is 17.4 Å². The van der Waals surface area contributed by atoms with Crippen molar-refractivity contribution in [1.82, 2.24) is 9.88 Å². The number of rotatable bonds is 3. The highest BCUT2D eigenvalue weighted by Gasteiger charge is 2.26. The van der Waals surface area contributed by atoms with Crippen molar-refractivity contribution < 1.29 is 14.5 Å². The first-order valence-corrected chi connectivity index (χ1v) is 6.33. The van der Waals surface area contributed by atoms with Crippen LogP contribution < -0.4 is 5.73 Å². The predicted octanol–water partition coefficient (Wildman–Crippen LogP) is 0.823. The summed E-state index contributed by atoms with van der Waals surface area (Å²) < 4.78 is 5.49. The molecule has 1 saturated heterocycles. The molecule has 0 spiro atoms. The molecule has 1 amide bonds. The second kappa shape index (κ2) is 5.83. The molecule has 0 aromatic carbocycles. The number of pyridine rings is 1. The summed E-state index contributed by atoms with van der Waals surface area (Å²) in [6.07, 6.45) is 1.83. The van der Waals surface area contributed by atoms with Gasteiger partial charge < -0.3 is 15.4 Å². The zero-order valence-corrected chi connectivity index (χ0v) is 11.1. The Labute approximate surface area is 115 Å². The second-order valence-electron chi connectivity index (χ2n) is 4.54. The minimum Gasteiger partial charge on any atom is -0.383 e. The Kier molecular flexibility index (Phi) is 4.14. The number of aromatic nitrogens is 1. The van der Waals surface area contributed by atoms with Crippen molar-refractivity contribution in [2.75, 3.05) is 25.4 Å². The summed E-state index contributed by atoms with van der Waals surface area (Å²) in [6.45, 7) is 3.32. The number of ether oxygens (including phenoxy) is 1. The fourth-order valence-corrected chi connectivity index (χ4v) is 2.06. The van der Waals surface area contributed by atoms with Crippen LogP contribution in [-0.2, 0) is 4.74 Å². The van der Waals surface area contributed by atoms with E-state index in [9.17, 15) is 14.9 Å². The van der Waals surface area contributed by atoms with E-state index >= 15 is 0 Å². The Morgan fingerprint density at radius 2 is 2.45 bits per heavy atom. The summed E-state index contributed by atoms with van der Waals surface area (Å²) in [4.78, 5) is 27.8. The van der Waals surface area contributed by atoms with Gasteiger partial charge in [-0.1, -0.05) is 6.92 Å². The molecule has 1 aliphatic heterocycles. The van der Waals surface area contributed by atoms with E-state index in [2.05, 4.69) is 4.98 Å². The van der Waals surface area contributed by atoms with Gasteiger partial charge in [0, 0.05) is 19.2 Å². The van der Waals surface area contributed by atoms with Gasteiger partial charge in [0.15, 0.2) is 0 Å². The van der Waals surface area contributed by atoms with Crippen LogP contribution in [0, 0.1) is 10.1 Å². The van der Waals surface area contributed by atoms with E-state index in [0.717, 1.165) is 12.6 Å². The third-order valence-electron chi connectivity index (χ3n) is 3.23. The molecule has 20 heavy (non-hydrogen) atoms. The normalized spacial score (nSPS) is 18.9. The lowest BCUT2D eigenvalue weighted by atomic mass is 10.1. The van der Waals surface area contributed by atoms with Crippen LogP contribution in [0.5, 0.6) is 0 Å². The average molecular weight is 280 g/mol. The molecule has 1 fully saturated rings. The predicted molar refractivity (Wildman–Crippen MR) is 71.2 cm³/mol. The first kappa shape index (κ1) is 14.2. The number of hydrogen-bond donors (Lipinski definition) is 1. The Morgan fingerprint density at radius 1 is 1.70 bits per heavy atom. The number of nitro groups is 1. The van der Waals surface area contributed by atoms with Gasteiger partial charge in [-0.2, -0.15) is 0 Å². The van der Waals surface area contributed by atoms with Gasteiger partial charge in [-0.15, -0.1) is 0 Å². The zero-order valence-electron chi connectivity index (χ0n) is 11.1. The number of morpholine rings is 1. The van der Waals surface area contributed by atoms with E-state index in [1.54, 1.807) is 4.90 Å². The van der Waals surface area contributed by atoms with Gasteiger partial charge in [0.05, 0.1) is 23.2 Å². The summed E-state index contributed by atoms with van der Waals surface area (Å²) in [5, 5.41) is 10.7. The maximum absolute atomic E-state index is 12.4. The van der Waals surface area contributed by atoms with Crippen LogP contribution in [0.4, 0.5) is 11.5 Å². The van der Waals surface area contributed by atoms with Crippen molar-refractivity contribution in [3.05, 3.63) is 27.9 Å². The van der Waals surface area contributed by atoms with Crippen LogP contribution in [-0.4, -0.2) is 46.5 Å². The van der Waals surface area contributed by atoms with Crippen LogP contribution in [0.3, 0.4) is 0 Å². The molecule has 2 heterocycles. The van der Waals surface area contributed by atoms with Crippen molar-refractivity contribution in [2.24, 2.45) is 0 Å². The fraction of sp³-hybridized carbons (Fsp3) is 0.500. The standard InChI is InChI=1S/C12H16N4O4/c1-2-9-7-15(3-4-20-9)12(17)10-5-8(16(18)19)6-14-11(10)13/h5-6,9H,2-4,7H2,1H3,(H2,13,14). The van der Waals surface area contributed by atoms with Gasteiger partial charge in [-0.05, 0) is 6.42 Å². The molecule has 0 radical (unpaired) electrons. The lowest BCUT2D eigenvalue weighted by molar-refractivity contribution is -0.385. The highest BCUT2D eigenvalue weighted by molar-refractivity contribution is 5.98. The van der Waals surface area contributed by atoms with Crippen LogP contribution in [0.15, 0.2) is 12.3 Å². The topological polar surface area (TPSA) is 112 Å². The highest BCUT2D eigenvalue weighted by atomic mass is 16.6. The SMILES string of the molecule is CCC1CN(C(=O)c2cc([N+](=O)[O-])cnc2N)CCO1. The van der Waals surface area contributed by atoms with Gasteiger partial charge in [-0.3, -0.25) is 14.9 Å². The lowest BCUT2D eigenvalue weighted by Crippen LogP contribution is -2.45. The number of amides is 1. The summed E-state index contributed by atoms with van der Waals surface area (Å²) >= 11 is 0. The molecule has 8 nitrogen and oxygen atoms in total. The molecule has 108 valence electrons. The van der Waals surface area contributed by atoms with E-state index in [1.807, 2.05) is 6.92 Å². The number of nitrogens with zero attached hydrogens (tertiary/aromatic N) is 3. The summed E-state index contributed by atoms with van der Waals surface area (Å²) in [7, 11) is 0. The Morgan fingerprint density at radius 3 is 3.10 bits per heavy atom. The van der Waals surface area contributed by atoms with Gasteiger partial charge in [0.25, 0.3) is 11.6 Å². The van der Waals surface area contributed by atoms with E-state index < -0.39 is 4.92 Å². The second-order valence-corrected chi connectivity index (χ2v) is 4.54. The molecule has 0 aliphatic carbocycles. The molecule has 1 aromatic heterocycles. The van der Waals surface area contributed by atoms with Crippen LogP contribution in [0.1, 0.15) is 23.7 Å². The zero-order chi connectivity index (χ0) is 14.7. The third-order valence-corrected chi connectivity index (χ3v) is 3.23. The molecule has 0 saturated carbocycles. The van der Waals surface area contributed by atoms with Crippen molar-refractivity contribution in [3.8, 4) is 0 Å². The fourth-order valence-electron chi connectivity index (χ4n) is 2.06. The minimum atomic E-state index is -0.600. The largest absolute Gasteiger partial charge is 0.383 e. The maximum Gasteiger partial charge on any atom is 0.288 e. The van der Waals surface area contributed by atoms with Crippen LogP contribution in [0.2, 0.25) is 0 Å². The Balaban J connectivity index is 2.24. The highest BCUT2D eigenvalue weighted by Crippen LogP contribution is 2.20. The summed E-state index contributed by atoms with van der Waals surface area (Å²) in [5.41, 5.74) is 5.47. The maximum atomic E-state index is 12.4. The summed E-state index contributed by atoms with van der Waals surface area (Å²) in [5.74, 6) is -0.347. The quantitative estimate of drug-likeness (QED) is 0.648. The summed E-state index contributed by atoms with van der Waals surface area (Å²) in [6, 6.07) is 1.17. The number of hydrogen-bond acceptors (Lipinski definition) is 6. The molecule has 1 atom stereocenters. The monoisotopic (exact) mass is 280 g/mol. The Hall–Kier alpha value is -2.22. The van der Waals surface area contributed by atoms with Crippen molar-refractivity contribution in [2.45, 2.75) is 19.4 Å². The molecule has 2 rings (SSSR count). The van der Waals surface area contributed by atoms with Crippen molar-refractivity contribution in [3.63, 3.8) is 0 Å². The van der Waals surface area contributed by atoms with Gasteiger partial charge >= 0.3 is 0 Å². The molecule has 1 aliphatic rings.